The molecule has 0 aliphatic rings. The molecule has 2 rings (SSSR count). The van der Waals surface area contributed by atoms with Crippen LogP contribution in [0.1, 0.15) is 16.5 Å². The minimum Gasteiger partial charge on any atom is -0.404 e. The monoisotopic (exact) mass is 267 g/mol. The van der Waals surface area contributed by atoms with Crippen LogP contribution in [0.4, 0.5) is 5.88 Å². The van der Waals surface area contributed by atoms with E-state index in [1.54, 1.807) is 17.4 Å². The minimum atomic E-state index is -0.540. The van der Waals surface area contributed by atoms with Gasteiger partial charge in [0, 0.05) is 24.0 Å². The molecule has 7 heteroatoms. The lowest BCUT2D eigenvalue weighted by molar-refractivity contribution is -0.402. The standard InChI is InChI=1S/C11H13N3O3S/c1-8-7-18-10(13-8)4-5-12-6-9-2-3-11(17-9)14(15)16/h2-3,7,12H,4-6H2,1H3. The summed E-state index contributed by atoms with van der Waals surface area (Å²) in [4.78, 5) is 14.2. The number of nitro groups is 1. The van der Waals surface area contributed by atoms with Crippen LogP contribution in [0.15, 0.2) is 21.9 Å². The molecule has 0 aliphatic heterocycles. The number of aromatic nitrogens is 1. The molecule has 6 nitrogen and oxygen atoms in total. The second-order valence-electron chi connectivity index (χ2n) is 3.81. The van der Waals surface area contributed by atoms with Crippen molar-refractivity contribution in [3.05, 3.63) is 44.1 Å². The Bertz CT molecular complexity index is 535. The van der Waals surface area contributed by atoms with Gasteiger partial charge in [0.2, 0.25) is 0 Å². The number of hydrogen-bond donors (Lipinski definition) is 1. The fraction of sp³-hybridized carbons (Fsp3) is 0.364. The molecule has 0 fully saturated rings. The van der Waals surface area contributed by atoms with Gasteiger partial charge < -0.3 is 9.73 Å². The zero-order chi connectivity index (χ0) is 13.0. The Morgan fingerprint density at radius 3 is 3.00 bits per heavy atom. The third-order valence-electron chi connectivity index (χ3n) is 2.31. The summed E-state index contributed by atoms with van der Waals surface area (Å²) in [5.74, 6) is 0.347. The second-order valence-corrected chi connectivity index (χ2v) is 4.75. The molecule has 0 unspecified atom stereocenters. The van der Waals surface area contributed by atoms with Gasteiger partial charge in [0.1, 0.15) is 10.7 Å². The molecule has 2 aromatic rings. The normalized spacial score (nSPS) is 10.7. The zero-order valence-corrected chi connectivity index (χ0v) is 10.7. The Morgan fingerprint density at radius 1 is 1.56 bits per heavy atom. The lowest BCUT2D eigenvalue weighted by Crippen LogP contribution is -2.16. The molecule has 2 aromatic heterocycles. The van der Waals surface area contributed by atoms with Gasteiger partial charge in [-0.3, -0.25) is 10.1 Å². The van der Waals surface area contributed by atoms with Crippen molar-refractivity contribution in [3.8, 4) is 0 Å². The van der Waals surface area contributed by atoms with Crippen molar-refractivity contribution in [1.82, 2.24) is 10.3 Å². The average Bonchev–Trinajstić information content (AvgIpc) is 2.93. The fourth-order valence-electron chi connectivity index (χ4n) is 1.48. The van der Waals surface area contributed by atoms with Crippen LogP contribution < -0.4 is 5.32 Å². The van der Waals surface area contributed by atoms with Crippen molar-refractivity contribution in [2.24, 2.45) is 0 Å². The second kappa shape index (κ2) is 5.74. The molecule has 0 saturated heterocycles. The van der Waals surface area contributed by atoms with Crippen LogP contribution in [-0.2, 0) is 13.0 Å². The van der Waals surface area contributed by atoms with E-state index in [9.17, 15) is 10.1 Å². The molecular weight excluding hydrogens is 254 g/mol. The van der Waals surface area contributed by atoms with Gasteiger partial charge in [0.05, 0.1) is 17.6 Å². The predicted molar refractivity (Wildman–Crippen MR) is 67.6 cm³/mol. The van der Waals surface area contributed by atoms with Crippen LogP contribution in [0.3, 0.4) is 0 Å². The number of furan rings is 1. The zero-order valence-electron chi connectivity index (χ0n) is 9.88. The van der Waals surface area contributed by atoms with Crippen molar-refractivity contribution in [2.75, 3.05) is 6.54 Å². The molecule has 96 valence electrons. The third kappa shape index (κ3) is 3.38. The van der Waals surface area contributed by atoms with Gasteiger partial charge in [-0.25, -0.2) is 4.98 Å². The van der Waals surface area contributed by atoms with Gasteiger partial charge in [0.15, 0.2) is 0 Å². The lowest BCUT2D eigenvalue weighted by Gasteiger charge is -1.99. The Hall–Kier alpha value is -1.73. The maximum atomic E-state index is 10.4. The summed E-state index contributed by atoms with van der Waals surface area (Å²) in [5, 5.41) is 16.7. The first-order valence-corrected chi connectivity index (χ1v) is 6.38. The van der Waals surface area contributed by atoms with Crippen molar-refractivity contribution >= 4 is 17.2 Å². The Kier molecular flexibility index (Phi) is 4.06. The van der Waals surface area contributed by atoms with Gasteiger partial charge in [-0.2, -0.15) is 0 Å². The van der Waals surface area contributed by atoms with E-state index in [-0.39, 0.29) is 5.88 Å². The molecule has 0 atom stereocenters. The number of rotatable bonds is 6. The van der Waals surface area contributed by atoms with Crippen molar-refractivity contribution in [1.29, 1.82) is 0 Å². The van der Waals surface area contributed by atoms with E-state index in [0.717, 1.165) is 23.7 Å². The van der Waals surface area contributed by atoms with Gasteiger partial charge in [0.25, 0.3) is 0 Å². The quantitative estimate of drug-likeness (QED) is 0.493. The van der Waals surface area contributed by atoms with E-state index in [1.807, 2.05) is 12.3 Å². The molecule has 18 heavy (non-hydrogen) atoms. The van der Waals surface area contributed by atoms with E-state index in [2.05, 4.69) is 10.3 Å². The SMILES string of the molecule is Cc1csc(CCNCc2ccc([N+](=O)[O-])o2)n1. The van der Waals surface area contributed by atoms with Crippen LogP contribution in [0.25, 0.3) is 0 Å². The van der Waals surface area contributed by atoms with Crippen molar-refractivity contribution < 1.29 is 9.34 Å². The summed E-state index contributed by atoms with van der Waals surface area (Å²) >= 11 is 1.64. The third-order valence-corrected chi connectivity index (χ3v) is 3.34. The van der Waals surface area contributed by atoms with Crippen LogP contribution >= 0.6 is 11.3 Å². The summed E-state index contributed by atoms with van der Waals surface area (Å²) in [6.07, 6.45) is 0.849. The fourth-order valence-corrected chi connectivity index (χ4v) is 2.26. The largest absolute Gasteiger partial charge is 0.433 e. The Morgan fingerprint density at radius 2 is 2.39 bits per heavy atom. The number of aryl methyl sites for hydroxylation is 1. The van der Waals surface area contributed by atoms with E-state index in [0.29, 0.717) is 12.3 Å². The first kappa shape index (κ1) is 12.7. The summed E-state index contributed by atoms with van der Waals surface area (Å²) in [6, 6.07) is 2.97. The minimum absolute atomic E-state index is 0.220. The average molecular weight is 267 g/mol. The maximum Gasteiger partial charge on any atom is 0.433 e. The van der Waals surface area contributed by atoms with E-state index < -0.39 is 4.92 Å². The van der Waals surface area contributed by atoms with Gasteiger partial charge in [-0.05, 0) is 13.0 Å². The number of nitrogens with one attached hydrogen (secondary N) is 1. The van der Waals surface area contributed by atoms with Gasteiger partial charge >= 0.3 is 5.88 Å². The number of nitrogens with zero attached hydrogens (tertiary/aromatic N) is 2. The Balaban J connectivity index is 1.73. The first-order chi connectivity index (χ1) is 8.65. The van der Waals surface area contributed by atoms with E-state index in [1.165, 1.54) is 6.07 Å². The summed E-state index contributed by atoms with van der Waals surface area (Å²) in [5.41, 5.74) is 1.04. The maximum absolute atomic E-state index is 10.4. The predicted octanol–water partition coefficient (Wildman–Crippen LogP) is 2.29. The molecule has 0 amide bonds. The summed E-state index contributed by atoms with van der Waals surface area (Å²) in [7, 11) is 0. The molecule has 0 spiro atoms. The highest BCUT2D eigenvalue weighted by atomic mass is 32.1. The highest BCUT2D eigenvalue weighted by Gasteiger charge is 2.11. The van der Waals surface area contributed by atoms with Gasteiger partial charge in [-0.15, -0.1) is 11.3 Å². The summed E-state index contributed by atoms with van der Waals surface area (Å²) in [6.45, 7) is 3.22. The van der Waals surface area contributed by atoms with Crippen LogP contribution in [0.2, 0.25) is 0 Å². The lowest BCUT2D eigenvalue weighted by atomic mass is 10.4. The number of hydrogen-bond acceptors (Lipinski definition) is 6. The van der Waals surface area contributed by atoms with Crippen LogP contribution in [-0.4, -0.2) is 16.5 Å². The summed E-state index contributed by atoms with van der Waals surface area (Å²) < 4.78 is 5.03. The van der Waals surface area contributed by atoms with Crippen molar-refractivity contribution in [3.63, 3.8) is 0 Å². The molecule has 0 aliphatic carbocycles. The molecule has 2 heterocycles. The van der Waals surface area contributed by atoms with Gasteiger partial charge in [-0.1, -0.05) is 0 Å². The molecule has 0 radical (unpaired) electrons. The molecule has 0 bridgehead atoms. The molecular formula is C11H13N3O3S. The van der Waals surface area contributed by atoms with E-state index >= 15 is 0 Å². The van der Waals surface area contributed by atoms with Crippen LogP contribution in [0, 0.1) is 17.0 Å². The topological polar surface area (TPSA) is 81.2 Å². The highest BCUT2D eigenvalue weighted by Crippen LogP contribution is 2.15. The number of thiazole rings is 1. The van der Waals surface area contributed by atoms with Crippen LogP contribution in [0.5, 0.6) is 0 Å². The van der Waals surface area contributed by atoms with E-state index in [4.69, 9.17) is 4.42 Å². The molecule has 1 N–H and O–H groups in total. The molecule has 0 aromatic carbocycles. The van der Waals surface area contributed by atoms with Crippen molar-refractivity contribution in [2.45, 2.75) is 19.9 Å². The smallest absolute Gasteiger partial charge is 0.404 e. The Labute approximate surface area is 108 Å². The first-order valence-electron chi connectivity index (χ1n) is 5.50. The molecule has 0 saturated carbocycles. The highest BCUT2D eigenvalue weighted by molar-refractivity contribution is 7.09.